The monoisotopic (exact) mass is 337 g/mol. The molecule has 3 aromatic rings. The van der Waals surface area contributed by atoms with Crippen molar-refractivity contribution in [3.8, 4) is 0 Å². The predicted molar refractivity (Wildman–Crippen MR) is 99.0 cm³/mol. The van der Waals surface area contributed by atoms with Crippen molar-refractivity contribution in [1.29, 1.82) is 0 Å². The Bertz CT molecular complexity index is 942. The van der Waals surface area contributed by atoms with Crippen molar-refractivity contribution in [2.24, 2.45) is 0 Å². The lowest BCUT2D eigenvalue weighted by Crippen LogP contribution is -2.22. The molecule has 130 valence electrons. The molecule has 25 heavy (non-hydrogen) atoms. The highest BCUT2D eigenvalue weighted by atomic mass is 16.2. The summed E-state index contributed by atoms with van der Waals surface area (Å²) in [5.41, 5.74) is 5.64. The summed E-state index contributed by atoms with van der Waals surface area (Å²) in [4.78, 5) is 22.7. The molecule has 0 atom stereocenters. The van der Waals surface area contributed by atoms with Gasteiger partial charge < -0.3 is 10.2 Å². The number of aryl methyl sites for hydroxylation is 3. The number of carbonyl (C=O) groups excluding carboxylic acids is 1. The van der Waals surface area contributed by atoms with Crippen LogP contribution in [0.1, 0.15) is 33.0 Å². The lowest BCUT2D eigenvalue weighted by atomic mass is 10.1. The van der Waals surface area contributed by atoms with Gasteiger partial charge in [0.2, 0.25) is 5.78 Å². The molecule has 0 bridgehead atoms. The molecular formula is C19H23N5O. The molecule has 2 aromatic heterocycles. The van der Waals surface area contributed by atoms with Crippen LogP contribution in [0.15, 0.2) is 30.5 Å². The van der Waals surface area contributed by atoms with Gasteiger partial charge in [0.1, 0.15) is 0 Å². The van der Waals surface area contributed by atoms with E-state index < -0.39 is 0 Å². The molecule has 6 heteroatoms. The summed E-state index contributed by atoms with van der Waals surface area (Å²) in [5, 5.41) is 3.36. The van der Waals surface area contributed by atoms with E-state index in [9.17, 15) is 4.79 Å². The molecule has 0 aliphatic heterocycles. The smallest absolute Gasteiger partial charge is 0.253 e. The van der Waals surface area contributed by atoms with E-state index in [0.29, 0.717) is 6.54 Å². The van der Waals surface area contributed by atoms with E-state index in [0.717, 1.165) is 39.7 Å². The van der Waals surface area contributed by atoms with Gasteiger partial charge in [-0.3, -0.25) is 9.20 Å². The first-order valence-electron chi connectivity index (χ1n) is 8.23. The van der Waals surface area contributed by atoms with Crippen LogP contribution in [-0.2, 0) is 6.54 Å². The number of hydrogen-bond acceptors (Lipinski definition) is 4. The normalized spacial score (nSPS) is 10.9. The second-order valence-corrected chi connectivity index (χ2v) is 6.52. The highest BCUT2D eigenvalue weighted by Crippen LogP contribution is 2.17. The van der Waals surface area contributed by atoms with Crippen molar-refractivity contribution in [2.45, 2.75) is 27.3 Å². The lowest BCUT2D eigenvalue weighted by molar-refractivity contribution is 0.0827. The Hall–Kier alpha value is -2.89. The van der Waals surface area contributed by atoms with Crippen LogP contribution in [0.5, 0.6) is 0 Å². The Balaban J connectivity index is 1.77. The van der Waals surface area contributed by atoms with Crippen LogP contribution >= 0.6 is 0 Å². The highest BCUT2D eigenvalue weighted by Gasteiger charge is 2.11. The molecule has 1 aromatic carbocycles. The number of nitrogens with zero attached hydrogens (tertiary/aromatic N) is 4. The number of amides is 1. The summed E-state index contributed by atoms with van der Waals surface area (Å²) >= 11 is 0. The quantitative estimate of drug-likeness (QED) is 0.795. The number of nitrogens with one attached hydrogen (secondary N) is 1. The first-order valence-corrected chi connectivity index (χ1v) is 8.23. The fraction of sp³-hybridized carbons (Fsp3) is 0.316. The average Bonchev–Trinajstić information content (AvgIpc) is 2.95. The number of rotatable bonds is 4. The summed E-state index contributed by atoms with van der Waals surface area (Å²) < 4.78 is 1.99. The SMILES string of the molecule is Cc1cc(C)n2cc(CNc3ccc(C(=O)N(C)C)c(C)c3)nc2n1. The zero-order valence-corrected chi connectivity index (χ0v) is 15.3. The minimum Gasteiger partial charge on any atom is -0.379 e. The number of benzene rings is 1. The fourth-order valence-corrected chi connectivity index (χ4v) is 2.85. The van der Waals surface area contributed by atoms with Crippen LogP contribution in [0, 0.1) is 20.8 Å². The van der Waals surface area contributed by atoms with Crippen molar-refractivity contribution in [3.63, 3.8) is 0 Å². The number of carbonyl (C=O) groups is 1. The molecule has 2 heterocycles. The lowest BCUT2D eigenvalue weighted by Gasteiger charge is -2.13. The van der Waals surface area contributed by atoms with E-state index in [2.05, 4.69) is 15.3 Å². The van der Waals surface area contributed by atoms with Gasteiger partial charge in [-0.15, -0.1) is 0 Å². The molecule has 0 aliphatic carbocycles. The van der Waals surface area contributed by atoms with Gasteiger partial charge in [0.15, 0.2) is 0 Å². The topological polar surface area (TPSA) is 62.5 Å². The third kappa shape index (κ3) is 3.47. The van der Waals surface area contributed by atoms with Crippen molar-refractivity contribution >= 4 is 17.4 Å². The first kappa shape index (κ1) is 17.0. The maximum absolute atomic E-state index is 12.1. The maximum Gasteiger partial charge on any atom is 0.253 e. The molecule has 0 fully saturated rings. The number of aromatic nitrogens is 3. The zero-order chi connectivity index (χ0) is 18.1. The predicted octanol–water partition coefficient (Wildman–Crippen LogP) is 2.97. The van der Waals surface area contributed by atoms with Gasteiger partial charge in [0, 0.05) is 42.9 Å². The summed E-state index contributed by atoms with van der Waals surface area (Å²) in [6.45, 7) is 6.56. The number of imidazole rings is 1. The molecule has 1 amide bonds. The molecule has 0 unspecified atom stereocenters. The van der Waals surface area contributed by atoms with Gasteiger partial charge in [-0.1, -0.05) is 0 Å². The van der Waals surface area contributed by atoms with Crippen molar-refractivity contribution in [3.05, 3.63) is 58.7 Å². The number of fused-ring (bicyclic) bond motifs is 1. The van der Waals surface area contributed by atoms with E-state index in [4.69, 9.17) is 0 Å². The highest BCUT2D eigenvalue weighted by molar-refractivity contribution is 5.95. The summed E-state index contributed by atoms with van der Waals surface area (Å²) in [6.07, 6.45) is 2.00. The Kier molecular flexibility index (Phi) is 4.44. The van der Waals surface area contributed by atoms with Crippen LogP contribution in [0.25, 0.3) is 5.78 Å². The van der Waals surface area contributed by atoms with Crippen molar-refractivity contribution in [2.75, 3.05) is 19.4 Å². The second-order valence-electron chi connectivity index (χ2n) is 6.52. The third-order valence-electron chi connectivity index (χ3n) is 4.15. The second kappa shape index (κ2) is 6.55. The molecule has 0 radical (unpaired) electrons. The minimum absolute atomic E-state index is 0.0151. The fourth-order valence-electron chi connectivity index (χ4n) is 2.85. The average molecular weight is 337 g/mol. The molecule has 1 N–H and O–H groups in total. The van der Waals surface area contributed by atoms with Gasteiger partial charge >= 0.3 is 0 Å². The molecule has 3 rings (SSSR count). The zero-order valence-electron chi connectivity index (χ0n) is 15.3. The van der Waals surface area contributed by atoms with Gasteiger partial charge in [0.05, 0.1) is 12.2 Å². The standard InChI is InChI=1S/C19H23N5O/c1-12-8-15(6-7-17(12)18(25)23(4)5)20-10-16-11-24-14(3)9-13(2)21-19(24)22-16/h6-9,11,20H,10H2,1-5H3. The van der Waals surface area contributed by atoms with Crippen LogP contribution in [0.3, 0.4) is 0 Å². The van der Waals surface area contributed by atoms with Crippen LogP contribution in [-0.4, -0.2) is 39.3 Å². The third-order valence-corrected chi connectivity index (χ3v) is 4.15. The minimum atomic E-state index is 0.0151. The Labute approximate surface area is 147 Å². The Morgan fingerprint density at radius 3 is 2.60 bits per heavy atom. The molecule has 0 saturated heterocycles. The molecule has 6 nitrogen and oxygen atoms in total. The largest absolute Gasteiger partial charge is 0.379 e. The van der Waals surface area contributed by atoms with Crippen LogP contribution in [0.2, 0.25) is 0 Å². The maximum atomic E-state index is 12.1. The number of hydrogen-bond donors (Lipinski definition) is 1. The van der Waals surface area contributed by atoms with E-state index in [-0.39, 0.29) is 5.91 Å². The summed E-state index contributed by atoms with van der Waals surface area (Å²) in [5.74, 6) is 0.735. The first-order chi connectivity index (χ1) is 11.8. The van der Waals surface area contributed by atoms with Crippen LogP contribution in [0.4, 0.5) is 5.69 Å². The van der Waals surface area contributed by atoms with Gasteiger partial charge in [-0.05, 0) is 50.6 Å². The Morgan fingerprint density at radius 1 is 1.16 bits per heavy atom. The van der Waals surface area contributed by atoms with Gasteiger partial charge in [-0.25, -0.2) is 9.97 Å². The van der Waals surface area contributed by atoms with E-state index >= 15 is 0 Å². The Morgan fingerprint density at radius 2 is 1.92 bits per heavy atom. The van der Waals surface area contributed by atoms with Crippen molar-refractivity contribution in [1.82, 2.24) is 19.3 Å². The van der Waals surface area contributed by atoms with Crippen molar-refractivity contribution < 1.29 is 4.79 Å². The molecule has 0 aliphatic rings. The summed E-state index contributed by atoms with van der Waals surface area (Å²) in [7, 11) is 3.52. The molecule has 0 spiro atoms. The summed E-state index contributed by atoms with van der Waals surface area (Å²) in [6, 6.07) is 7.81. The number of anilines is 1. The van der Waals surface area contributed by atoms with E-state index in [1.54, 1.807) is 19.0 Å². The van der Waals surface area contributed by atoms with E-state index in [1.807, 2.05) is 55.6 Å². The molecule has 0 saturated carbocycles. The van der Waals surface area contributed by atoms with E-state index in [1.165, 1.54) is 0 Å². The molecular weight excluding hydrogens is 314 g/mol. The van der Waals surface area contributed by atoms with Crippen LogP contribution < -0.4 is 5.32 Å². The van der Waals surface area contributed by atoms with Gasteiger partial charge in [-0.2, -0.15) is 0 Å². The van der Waals surface area contributed by atoms with Gasteiger partial charge in [0.25, 0.3) is 5.91 Å².